The number of hydrogen-bond donors (Lipinski definition) is 0. The number of hydrogen-bond acceptors (Lipinski definition) is 2. The molecule has 0 aromatic heterocycles. The molecule has 14 heavy (non-hydrogen) atoms. The van der Waals surface area contributed by atoms with E-state index in [1.807, 2.05) is 0 Å². The topological polar surface area (TPSA) is 37.4 Å². The molecular weight excluding hydrogens is 178 g/mol. The first-order valence-corrected chi connectivity index (χ1v) is 5.05. The molecule has 1 rings (SSSR count). The van der Waals surface area contributed by atoms with Gasteiger partial charge in [0.25, 0.3) is 0 Å². The zero-order valence-corrected chi connectivity index (χ0v) is 8.66. The van der Waals surface area contributed by atoms with Crippen LogP contribution in [0.4, 0.5) is 0 Å². The minimum atomic E-state index is -0.381. The van der Waals surface area contributed by atoms with Crippen molar-refractivity contribution < 1.29 is 9.59 Å². The fourth-order valence-corrected chi connectivity index (χ4v) is 1.79. The van der Waals surface area contributed by atoms with Gasteiger partial charge >= 0.3 is 0 Å². The Balaban J connectivity index is 2.57. The number of carbonyl (C=O) groups excluding carboxylic acids is 2. The van der Waals surface area contributed by atoms with Crippen molar-refractivity contribution in [2.24, 2.45) is 5.92 Å². The van der Waals surface area contributed by atoms with Crippen LogP contribution in [0.25, 0.3) is 0 Å². The van der Waals surface area contributed by atoms with Crippen LogP contribution in [0.1, 0.15) is 25.7 Å². The molecule has 0 bridgehead atoms. The first-order chi connectivity index (χ1) is 6.66. The summed E-state index contributed by atoms with van der Waals surface area (Å²) in [7, 11) is 1.71. The van der Waals surface area contributed by atoms with E-state index in [4.69, 9.17) is 0 Å². The van der Waals surface area contributed by atoms with E-state index in [0.717, 1.165) is 19.3 Å². The third kappa shape index (κ3) is 2.44. The van der Waals surface area contributed by atoms with E-state index >= 15 is 0 Å². The molecule has 3 nitrogen and oxygen atoms in total. The molecule has 78 valence electrons. The normalized spacial score (nSPS) is 21.8. The molecule has 1 saturated carbocycles. The van der Waals surface area contributed by atoms with Gasteiger partial charge in [0.2, 0.25) is 5.91 Å². The fourth-order valence-electron chi connectivity index (χ4n) is 1.79. The van der Waals surface area contributed by atoms with Gasteiger partial charge in [0.15, 0.2) is 0 Å². The molecular formula is C11H17NO2. The van der Waals surface area contributed by atoms with E-state index in [1.54, 1.807) is 18.0 Å². The van der Waals surface area contributed by atoms with Crippen LogP contribution in [0.15, 0.2) is 12.7 Å². The minimum Gasteiger partial charge on any atom is -0.341 e. The van der Waals surface area contributed by atoms with Gasteiger partial charge in [0.1, 0.15) is 5.78 Å². The van der Waals surface area contributed by atoms with Gasteiger partial charge in [0, 0.05) is 20.0 Å². The summed E-state index contributed by atoms with van der Waals surface area (Å²) in [5.74, 6) is -0.319. The predicted molar refractivity (Wildman–Crippen MR) is 54.8 cm³/mol. The number of amides is 1. The molecule has 0 saturated heterocycles. The van der Waals surface area contributed by atoms with Crippen molar-refractivity contribution >= 4 is 11.7 Å². The number of ketones is 1. The Morgan fingerprint density at radius 3 is 2.93 bits per heavy atom. The van der Waals surface area contributed by atoms with Gasteiger partial charge in [-0.05, 0) is 12.8 Å². The molecule has 1 aliphatic rings. The number of nitrogens with zero attached hydrogens (tertiary/aromatic N) is 1. The maximum atomic E-state index is 11.8. The second-order valence-electron chi connectivity index (χ2n) is 3.77. The van der Waals surface area contributed by atoms with E-state index in [2.05, 4.69) is 6.58 Å². The number of Topliss-reactive ketones (excluding diaryl/α,β-unsaturated/α-hetero) is 1. The van der Waals surface area contributed by atoms with Crippen LogP contribution in [0.2, 0.25) is 0 Å². The summed E-state index contributed by atoms with van der Waals surface area (Å²) in [5.41, 5.74) is 0. The van der Waals surface area contributed by atoms with Crippen LogP contribution in [0.3, 0.4) is 0 Å². The second kappa shape index (κ2) is 4.94. The highest BCUT2D eigenvalue weighted by Crippen LogP contribution is 2.22. The first kappa shape index (κ1) is 11.0. The fraction of sp³-hybridized carbons (Fsp3) is 0.636. The molecule has 0 heterocycles. The SMILES string of the molecule is C=CCN(C)C(=O)C1CCCCC1=O. The Kier molecular flexibility index (Phi) is 3.86. The van der Waals surface area contributed by atoms with Crippen LogP contribution in [-0.4, -0.2) is 30.2 Å². The van der Waals surface area contributed by atoms with Gasteiger partial charge in [-0.1, -0.05) is 12.5 Å². The highest BCUT2D eigenvalue weighted by Gasteiger charge is 2.30. The molecule has 1 aliphatic carbocycles. The largest absolute Gasteiger partial charge is 0.341 e. The molecule has 1 fully saturated rings. The predicted octanol–water partition coefficient (Wildman–Crippen LogP) is 1.39. The maximum absolute atomic E-state index is 11.8. The molecule has 0 radical (unpaired) electrons. The van der Waals surface area contributed by atoms with Crippen molar-refractivity contribution in [3.63, 3.8) is 0 Å². The monoisotopic (exact) mass is 195 g/mol. The average molecular weight is 195 g/mol. The van der Waals surface area contributed by atoms with E-state index < -0.39 is 0 Å². The zero-order valence-electron chi connectivity index (χ0n) is 8.66. The van der Waals surface area contributed by atoms with Crippen molar-refractivity contribution in [2.75, 3.05) is 13.6 Å². The van der Waals surface area contributed by atoms with Crippen LogP contribution in [0.5, 0.6) is 0 Å². The Bertz CT molecular complexity index is 248. The van der Waals surface area contributed by atoms with Gasteiger partial charge in [-0.15, -0.1) is 6.58 Å². The first-order valence-electron chi connectivity index (χ1n) is 5.05. The lowest BCUT2D eigenvalue weighted by molar-refractivity contribution is -0.141. The van der Waals surface area contributed by atoms with Gasteiger partial charge in [-0.25, -0.2) is 0 Å². The summed E-state index contributed by atoms with van der Waals surface area (Å²) < 4.78 is 0. The molecule has 0 aromatic rings. The lowest BCUT2D eigenvalue weighted by Gasteiger charge is -2.24. The number of carbonyl (C=O) groups is 2. The lowest BCUT2D eigenvalue weighted by atomic mass is 9.87. The summed E-state index contributed by atoms with van der Waals surface area (Å²) in [6.45, 7) is 4.08. The van der Waals surface area contributed by atoms with Crippen molar-refractivity contribution in [2.45, 2.75) is 25.7 Å². The summed E-state index contributed by atoms with van der Waals surface area (Å²) >= 11 is 0. The van der Waals surface area contributed by atoms with E-state index in [0.29, 0.717) is 13.0 Å². The Labute approximate surface area is 84.8 Å². The highest BCUT2D eigenvalue weighted by atomic mass is 16.2. The number of rotatable bonds is 3. The Morgan fingerprint density at radius 2 is 2.36 bits per heavy atom. The third-order valence-electron chi connectivity index (χ3n) is 2.63. The van der Waals surface area contributed by atoms with E-state index in [1.165, 1.54) is 0 Å². The Morgan fingerprint density at radius 1 is 1.64 bits per heavy atom. The van der Waals surface area contributed by atoms with Gasteiger partial charge < -0.3 is 4.90 Å². The highest BCUT2D eigenvalue weighted by molar-refractivity contribution is 6.01. The second-order valence-corrected chi connectivity index (χ2v) is 3.77. The molecule has 3 heteroatoms. The summed E-state index contributed by atoms with van der Waals surface area (Å²) in [6, 6.07) is 0. The zero-order chi connectivity index (χ0) is 10.6. The average Bonchev–Trinajstić information content (AvgIpc) is 2.18. The molecule has 1 amide bonds. The molecule has 1 atom stereocenters. The van der Waals surface area contributed by atoms with Crippen LogP contribution < -0.4 is 0 Å². The minimum absolute atomic E-state index is 0.0467. The molecule has 0 aromatic carbocycles. The van der Waals surface area contributed by atoms with Gasteiger partial charge in [-0.3, -0.25) is 9.59 Å². The molecule has 0 N–H and O–H groups in total. The Hall–Kier alpha value is -1.12. The lowest BCUT2D eigenvalue weighted by Crippen LogP contribution is -2.38. The van der Waals surface area contributed by atoms with Gasteiger partial charge in [-0.2, -0.15) is 0 Å². The smallest absolute Gasteiger partial charge is 0.233 e. The summed E-state index contributed by atoms with van der Waals surface area (Å²) in [6.07, 6.45) is 4.89. The molecule has 0 aliphatic heterocycles. The number of likely N-dealkylation sites (N-methyl/N-ethyl adjacent to an activating group) is 1. The maximum Gasteiger partial charge on any atom is 0.233 e. The van der Waals surface area contributed by atoms with Crippen LogP contribution in [0, 0.1) is 5.92 Å². The van der Waals surface area contributed by atoms with Crippen molar-refractivity contribution in [1.82, 2.24) is 4.90 Å². The van der Waals surface area contributed by atoms with Crippen LogP contribution in [-0.2, 0) is 9.59 Å². The van der Waals surface area contributed by atoms with E-state index in [-0.39, 0.29) is 17.6 Å². The standard InChI is InChI=1S/C11H17NO2/c1-3-8-12(2)11(14)9-6-4-5-7-10(9)13/h3,9H,1,4-8H2,2H3. The van der Waals surface area contributed by atoms with Gasteiger partial charge in [0.05, 0.1) is 5.92 Å². The van der Waals surface area contributed by atoms with Crippen LogP contribution >= 0.6 is 0 Å². The molecule has 0 spiro atoms. The third-order valence-corrected chi connectivity index (χ3v) is 2.63. The summed E-state index contributed by atoms with van der Waals surface area (Å²) in [5, 5.41) is 0. The van der Waals surface area contributed by atoms with Crippen molar-refractivity contribution in [3.8, 4) is 0 Å². The van der Waals surface area contributed by atoms with Crippen molar-refractivity contribution in [1.29, 1.82) is 0 Å². The summed E-state index contributed by atoms with van der Waals surface area (Å²) in [4.78, 5) is 24.8. The quantitative estimate of drug-likeness (QED) is 0.504. The van der Waals surface area contributed by atoms with E-state index in [9.17, 15) is 9.59 Å². The van der Waals surface area contributed by atoms with Crippen molar-refractivity contribution in [3.05, 3.63) is 12.7 Å². The molecule has 1 unspecified atom stereocenters.